The van der Waals surface area contributed by atoms with E-state index < -0.39 is 5.92 Å². The number of nitrogens with one attached hydrogen (secondary N) is 1. The first kappa shape index (κ1) is 31.4. The minimum atomic E-state index is -0.515. The van der Waals surface area contributed by atoms with Crippen molar-refractivity contribution >= 4 is 50.6 Å². The zero-order valence-electron chi connectivity index (χ0n) is 23.5. The number of aromatic nitrogens is 1. The Kier molecular flexibility index (Phi) is 12.6. The number of morpholine rings is 1. The third-order valence-corrected chi connectivity index (χ3v) is 8.72. The van der Waals surface area contributed by atoms with E-state index in [0.717, 1.165) is 41.2 Å². The van der Waals surface area contributed by atoms with Crippen molar-refractivity contribution in [2.24, 2.45) is 11.8 Å². The number of nitrogens with zero attached hydrogens (tertiary/aromatic N) is 2. The minimum absolute atomic E-state index is 0.0341. The normalized spacial score (nSPS) is 16.5. The summed E-state index contributed by atoms with van der Waals surface area (Å²) >= 11 is 7.65. The molecule has 0 radical (unpaired) electrons. The molecule has 39 heavy (non-hydrogen) atoms. The lowest BCUT2D eigenvalue weighted by Crippen LogP contribution is -2.44. The van der Waals surface area contributed by atoms with Crippen molar-refractivity contribution in [3.63, 3.8) is 0 Å². The Balaban J connectivity index is 1.66. The molecule has 0 unspecified atom stereocenters. The third kappa shape index (κ3) is 9.78. The van der Waals surface area contributed by atoms with Gasteiger partial charge >= 0.3 is 0 Å². The highest BCUT2D eigenvalue weighted by molar-refractivity contribution is 7.18. The van der Waals surface area contributed by atoms with Crippen LogP contribution in [0.5, 0.6) is 0 Å². The van der Waals surface area contributed by atoms with Crippen molar-refractivity contribution in [3.8, 4) is 0 Å². The van der Waals surface area contributed by atoms with Gasteiger partial charge in [-0.3, -0.25) is 19.3 Å². The summed E-state index contributed by atoms with van der Waals surface area (Å²) in [4.78, 5) is 46.0. The van der Waals surface area contributed by atoms with Crippen molar-refractivity contribution < 1.29 is 19.1 Å². The highest BCUT2D eigenvalue weighted by atomic mass is 35.5. The van der Waals surface area contributed by atoms with Crippen LogP contribution in [0.25, 0.3) is 10.2 Å². The zero-order chi connectivity index (χ0) is 28.4. The van der Waals surface area contributed by atoms with Gasteiger partial charge in [0.15, 0.2) is 5.78 Å². The van der Waals surface area contributed by atoms with Gasteiger partial charge in [-0.15, -0.1) is 11.3 Å². The third-order valence-electron chi connectivity index (χ3n) is 7.44. The van der Waals surface area contributed by atoms with E-state index in [1.807, 2.05) is 19.1 Å². The molecule has 1 saturated heterocycles. The summed E-state index contributed by atoms with van der Waals surface area (Å²) in [6.45, 7) is 13.7. The number of halogens is 1. The summed E-state index contributed by atoms with van der Waals surface area (Å²) in [6, 6.07) is 5.38. The van der Waals surface area contributed by atoms with Crippen molar-refractivity contribution in [1.82, 2.24) is 15.2 Å². The number of ketones is 2. The number of carbonyl (C=O) groups excluding carboxylic acids is 3. The summed E-state index contributed by atoms with van der Waals surface area (Å²) in [7, 11) is 0. The molecule has 9 heteroatoms. The average molecular weight is 576 g/mol. The number of amides is 1. The number of rotatable bonds is 16. The first-order valence-corrected chi connectivity index (χ1v) is 15.3. The second-order valence-electron chi connectivity index (χ2n) is 10.6. The fourth-order valence-corrected chi connectivity index (χ4v) is 6.15. The Morgan fingerprint density at radius 1 is 1.21 bits per heavy atom. The zero-order valence-corrected chi connectivity index (χ0v) is 25.0. The van der Waals surface area contributed by atoms with Crippen molar-refractivity contribution in [2.75, 3.05) is 32.8 Å². The van der Waals surface area contributed by atoms with E-state index in [1.54, 1.807) is 6.07 Å². The first-order chi connectivity index (χ1) is 18.7. The molecule has 1 aliphatic heterocycles. The van der Waals surface area contributed by atoms with Gasteiger partial charge < -0.3 is 10.1 Å². The maximum absolute atomic E-state index is 13.6. The lowest BCUT2D eigenvalue weighted by molar-refractivity contribution is -0.130. The molecule has 2 aromatic rings. The van der Waals surface area contributed by atoms with Gasteiger partial charge in [-0.05, 0) is 37.0 Å². The van der Waals surface area contributed by atoms with E-state index in [2.05, 4.69) is 35.6 Å². The van der Waals surface area contributed by atoms with Crippen LogP contribution in [0, 0.1) is 11.8 Å². The summed E-state index contributed by atoms with van der Waals surface area (Å²) in [5.41, 5.74) is 1.44. The van der Waals surface area contributed by atoms with Crippen LogP contribution in [0.3, 0.4) is 0 Å². The van der Waals surface area contributed by atoms with Gasteiger partial charge in [-0.25, -0.2) is 4.98 Å². The molecule has 1 aromatic heterocycles. The molecule has 1 N–H and O–H groups in total. The Bertz CT molecular complexity index is 1140. The number of hydrogen-bond acceptors (Lipinski definition) is 7. The van der Waals surface area contributed by atoms with Crippen LogP contribution >= 0.6 is 22.9 Å². The largest absolute Gasteiger partial charge is 0.379 e. The van der Waals surface area contributed by atoms with E-state index in [0.29, 0.717) is 56.0 Å². The minimum Gasteiger partial charge on any atom is -0.379 e. The van der Waals surface area contributed by atoms with Crippen molar-refractivity contribution in [2.45, 2.75) is 71.8 Å². The van der Waals surface area contributed by atoms with Crippen LogP contribution in [0.4, 0.5) is 0 Å². The number of thiazole rings is 1. The van der Waals surface area contributed by atoms with E-state index in [-0.39, 0.29) is 35.9 Å². The summed E-state index contributed by atoms with van der Waals surface area (Å²) < 4.78 is 6.35. The molecule has 2 heterocycles. The number of benzene rings is 1. The fraction of sp³-hybridized carbons (Fsp3) is 0.600. The van der Waals surface area contributed by atoms with E-state index >= 15 is 0 Å². The van der Waals surface area contributed by atoms with Crippen LogP contribution in [-0.2, 0) is 25.5 Å². The second kappa shape index (κ2) is 15.6. The van der Waals surface area contributed by atoms with Crippen molar-refractivity contribution in [3.05, 3.63) is 40.4 Å². The molecule has 0 bridgehead atoms. The molecule has 1 amide bonds. The Labute approximate surface area is 241 Å². The van der Waals surface area contributed by atoms with Crippen molar-refractivity contribution in [1.29, 1.82) is 0 Å². The van der Waals surface area contributed by atoms with E-state index in [1.165, 1.54) is 11.3 Å². The number of hydrogen-bond donors (Lipinski definition) is 1. The summed E-state index contributed by atoms with van der Waals surface area (Å²) in [6.07, 6.45) is 3.51. The van der Waals surface area contributed by atoms with Gasteiger partial charge in [0.1, 0.15) is 5.78 Å². The molecular weight excluding hydrogens is 534 g/mol. The molecule has 3 atom stereocenters. The maximum Gasteiger partial charge on any atom is 0.224 e. The molecule has 214 valence electrons. The Hall–Kier alpha value is -2.13. The lowest BCUT2D eigenvalue weighted by Gasteiger charge is -2.28. The first-order valence-electron chi connectivity index (χ1n) is 14.1. The molecule has 0 spiro atoms. The van der Waals surface area contributed by atoms with Crippen LogP contribution in [0.1, 0.15) is 64.3 Å². The lowest BCUT2D eigenvalue weighted by atomic mass is 9.91. The summed E-state index contributed by atoms with van der Waals surface area (Å²) in [5.74, 6) is -0.366. The molecular formula is C30H42ClN3O4S. The molecule has 1 fully saturated rings. The molecule has 3 rings (SSSR count). The van der Waals surface area contributed by atoms with Gasteiger partial charge in [-0.1, -0.05) is 45.4 Å². The van der Waals surface area contributed by atoms with Crippen LogP contribution < -0.4 is 5.32 Å². The van der Waals surface area contributed by atoms with E-state index in [9.17, 15) is 14.4 Å². The molecule has 1 aliphatic rings. The van der Waals surface area contributed by atoms with Gasteiger partial charge in [0.25, 0.3) is 0 Å². The quantitative estimate of drug-likeness (QED) is 0.261. The predicted octanol–water partition coefficient (Wildman–Crippen LogP) is 5.64. The molecule has 1 aromatic carbocycles. The predicted molar refractivity (Wildman–Crippen MR) is 158 cm³/mol. The Morgan fingerprint density at radius 3 is 2.64 bits per heavy atom. The van der Waals surface area contributed by atoms with E-state index in [4.69, 9.17) is 16.3 Å². The fourth-order valence-electron chi connectivity index (χ4n) is 4.82. The Morgan fingerprint density at radius 2 is 1.95 bits per heavy atom. The number of carbonyl (C=O) groups is 3. The van der Waals surface area contributed by atoms with Gasteiger partial charge in [0, 0.05) is 62.0 Å². The van der Waals surface area contributed by atoms with Crippen LogP contribution in [0.15, 0.2) is 30.4 Å². The van der Waals surface area contributed by atoms with Gasteiger partial charge in [0.2, 0.25) is 5.91 Å². The molecule has 0 saturated carbocycles. The molecule has 0 aliphatic carbocycles. The second-order valence-corrected chi connectivity index (χ2v) is 12.1. The summed E-state index contributed by atoms with van der Waals surface area (Å²) in [5, 5.41) is 4.66. The SMILES string of the molecule is C=C(CN1CCOCC1)C(=O)CC[C@@H](NC(=O)[C@@H](CC(=O)CCC)Cc1nc2ccc(Cl)cc2s1)[C@@H](C)CC. The monoisotopic (exact) mass is 575 g/mol. The number of Topliss-reactive ketones (excluding diaryl/α,β-unsaturated/α-hetero) is 2. The van der Waals surface area contributed by atoms with Crippen LogP contribution in [-0.4, -0.2) is 66.2 Å². The maximum atomic E-state index is 13.6. The number of ether oxygens (including phenoxy) is 1. The number of fused-ring (bicyclic) bond motifs is 1. The highest BCUT2D eigenvalue weighted by Gasteiger charge is 2.28. The topological polar surface area (TPSA) is 88.6 Å². The smallest absolute Gasteiger partial charge is 0.224 e. The highest BCUT2D eigenvalue weighted by Crippen LogP contribution is 2.28. The van der Waals surface area contributed by atoms with Gasteiger partial charge in [0.05, 0.1) is 34.4 Å². The average Bonchev–Trinajstić information content (AvgIpc) is 3.31. The molecule has 7 nitrogen and oxygen atoms in total. The van der Waals surface area contributed by atoms with Crippen LogP contribution in [0.2, 0.25) is 5.02 Å². The standard InChI is InChI=1S/C30H42ClN3O4S/c1-5-7-24(35)16-22(17-29-32-26-9-8-23(31)18-28(26)39-29)30(37)33-25(20(3)6-2)10-11-27(36)21(4)19-34-12-14-38-15-13-34/h8-9,18,20,22,25H,4-7,10-17,19H2,1-3H3,(H,33,37)/t20-,22-,25+/m0/s1. The van der Waals surface area contributed by atoms with Gasteiger partial charge in [-0.2, -0.15) is 0 Å².